The van der Waals surface area contributed by atoms with Gasteiger partial charge in [0.25, 0.3) is 0 Å². The van der Waals surface area contributed by atoms with Gasteiger partial charge in [0.15, 0.2) is 0 Å². The van der Waals surface area contributed by atoms with Gasteiger partial charge in [0.05, 0.1) is 0 Å². The number of amides is 1. The van der Waals surface area contributed by atoms with Gasteiger partial charge in [0.1, 0.15) is 5.78 Å². The Kier molecular flexibility index (Phi) is 3.31. The van der Waals surface area contributed by atoms with Crippen molar-refractivity contribution in [2.45, 2.75) is 51.9 Å². The minimum absolute atomic E-state index is 0.0829. The molecule has 3 heteroatoms. The number of hydrogen-bond acceptors (Lipinski definition) is 2. The molecule has 1 saturated heterocycles. The number of piperidine rings is 1. The fourth-order valence-electron chi connectivity index (χ4n) is 3.07. The third-order valence-corrected chi connectivity index (χ3v) is 4.30. The van der Waals surface area contributed by atoms with Gasteiger partial charge in [-0.1, -0.05) is 19.8 Å². The van der Waals surface area contributed by atoms with E-state index in [9.17, 15) is 9.59 Å². The minimum Gasteiger partial charge on any atom is -0.341 e. The molecule has 0 aromatic heterocycles. The van der Waals surface area contributed by atoms with Crippen molar-refractivity contribution >= 4 is 11.7 Å². The van der Waals surface area contributed by atoms with Gasteiger partial charge in [0.2, 0.25) is 5.91 Å². The Morgan fingerprint density at radius 3 is 2.31 bits per heavy atom. The van der Waals surface area contributed by atoms with Crippen LogP contribution in [-0.4, -0.2) is 29.7 Å². The Labute approximate surface area is 97.2 Å². The molecule has 0 bridgehead atoms. The van der Waals surface area contributed by atoms with Gasteiger partial charge in [-0.25, -0.2) is 0 Å². The monoisotopic (exact) mass is 223 g/mol. The molecule has 1 aliphatic heterocycles. The van der Waals surface area contributed by atoms with Crippen LogP contribution < -0.4 is 0 Å². The van der Waals surface area contributed by atoms with Crippen LogP contribution in [-0.2, 0) is 9.59 Å². The van der Waals surface area contributed by atoms with Crippen LogP contribution in [0.3, 0.4) is 0 Å². The maximum absolute atomic E-state index is 12.5. The van der Waals surface area contributed by atoms with Crippen LogP contribution in [0.4, 0.5) is 0 Å². The molecule has 0 unspecified atom stereocenters. The Balaban J connectivity index is 2.03. The van der Waals surface area contributed by atoms with Crippen LogP contribution in [0.25, 0.3) is 0 Å². The van der Waals surface area contributed by atoms with Gasteiger partial charge in [0, 0.05) is 31.3 Å². The van der Waals surface area contributed by atoms with Crippen LogP contribution in [0.2, 0.25) is 0 Å². The van der Waals surface area contributed by atoms with E-state index in [2.05, 4.69) is 6.92 Å². The molecule has 0 N–H and O–H groups in total. The van der Waals surface area contributed by atoms with Crippen LogP contribution in [0.15, 0.2) is 0 Å². The first-order valence-electron chi connectivity index (χ1n) is 6.49. The molecule has 3 nitrogen and oxygen atoms in total. The summed E-state index contributed by atoms with van der Waals surface area (Å²) in [6.07, 6.45) is 6.55. The average molecular weight is 223 g/mol. The molecule has 0 atom stereocenters. The number of carbonyl (C=O) groups is 2. The summed E-state index contributed by atoms with van der Waals surface area (Å²) in [6.45, 7) is 3.43. The molecule has 2 rings (SSSR count). The molecule has 0 aromatic carbocycles. The van der Waals surface area contributed by atoms with Gasteiger partial charge in [-0.2, -0.15) is 0 Å². The summed E-state index contributed by atoms with van der Waals surface area (Å²) in [5.74, 6) is 0.626. The zero-order chi connectivity index (χ0) is 11.6. The largest absolute Gasteiger partial charge is 0.341 e. The number of likely N-dealkylation sites (tertiary alicyclic amines) is 1. The molecule has 1 heterocycles. The van der Waals surface area contributed by atoms with E-state index in [1.165, 1.54) is 12.8 Å². The molecular formula is C13H21NO2. The van der Waals surface area contributed by atoms with Crippen molar-refractivity contribution in [3.05, 3.63) is 0 Å². The second kappa shape index (κ2) is 4.56. The number of carbonyl (C=O) groups excluding carboxylic acids is 2. The quantitative estimate of drug-likeness (QED) is 0.719. The van der Waals surface area contributed by atoms with E-state index in [4.69, 9.17) is 0 Å². The summed E-state index contributed by atoms with van der Waals surface area (Å²) in [5, 5.41) is 0. The second-order valence-electron chi connectivity index (χ2n) is 5.17. The van der Waals surface area contributed by atoms with Crippen molar-refractivity contribution < 1.29 is 9.59 Å². The van der Waals surface area contributed by atoms with E-state index in [1.54, 1.807) is 0 Å². The predicted molar refractivity (Wildman–Crippen MR) is 62.0 cm³/mol. The lowest BCUT2D eigenvalue weighted by Crippen LogP contribution is -2.46. The molecule has 0 aromatic rings. The van der Waals surface area contributed by atoms with Crippen LogP contribution in [0.5, 0.6) is 0 Å². The first kappa shape index (κ1) is 11.6. The summed E-state index contributed by atoms with van der Waals surface area (Å²) < 4.78 is 0. The van der Waals surface area contributed by atoms with E-state index in [1.807, 2.05) is 4.90 Å². The average Bonchev–Trinajstić information content (AvgIpc) is 2.79. The van der Waals surface area contributed by atoms with Gasteiger partial charge in [-0.3, -0.25) is 9.59 Å². The molecular weight excluding hydrogens is 202 g/mol. The summed E-state index contributed by atoms with van der Waals surface area (Å²) >= 11 is 0. The molecule has 1 aliphatic carbocycles. The molecule has 16 heavy (non-hydrogen) atoms. The first-order valence-corrected chi connectivity index (χ1v) is 6.49. The Morgan fingerprint density at radius 1 is 1.25 bits per heavy atom. The number of ketones is 1. The summed E-state index contributed by atoms with van der Waals surface area (Å²) in [7, 11) is 0. The molecule has 1 amide bonds. The fourth-order valence-corrected chi connectivity index (χ4v) is 3.07. The molecule has 0 spiro atoms. The minimum atomic E-state index is -0.0829. The number of nitrogens with zero attached hydrogens (tertiary/aromatic N) is 1. The zero-order valence-electron chi connectivity index (χ0n) is 10.1. The van der Waals surface area contributed by atoms with Crippen molar-refractivity contribution in [3.63, 3.8) is 0 Å². The molecule has 2 aliphatic rings. The van der Waals surface area contributed by atoms with Crippen LogP contribution >= 0.6 is 0 Å². The Hall–Kier alpha value is -0.860. The van der Waals surface area contributed by atoms with E-state index in [0.717, 1.165) is 19.3 Å². The summed E-state index contributed by atoms with van der Waals surface area (Å²) in [4.78, 5) is 25.6. The smallest absolute Gasteiger partial charge is 0.228 e. The van der Waals surface area contributed by atoms with Gasteiger partial charge >= 0.3 is 0 Å². The highest BCUT2D eigenvalue weighted by atomic mass is 16.2. The number of hydrogen-bond donors (Lipinski definition) is 0. The zero-order valence-corrected chi connectivity index (χ0v) is 10.1. The Bertz CT molecular complexity index is 282. The third-order valence-electron chi connectivity index (χ3n) is 4.30. The lowest BCUT2D eigenvalue weighted by atomic mass is 9.81. The molecule has 0 radical (unpaired) electrons. The maximum Gasteiger partial charge on any atom is 0.228 e. The van der Waals surface area contributed by atoms with Crippen molar-refractivity contribution in [2.24, 2.45) is 5.41 Å². The SMILES string of the molecule is CCC1(C(=O)N2CCC(=O)CC2)CCCC1. The number of Topliss-reactive ketones (excluding diaryl/α,β-unsaturated/α-hetero) is 1. The van der Waals surface area contributed by atoms with Crippen molar-refractivity contribution in [1.82, 2.24) is 4.90 Å². The maximum atomic E-state index is 12.5. The molecule has 1 saturated carbocycles. The van der Waals surface area contributed by atoms with Crippen molar-refractivity contribution in [1.29, 1.82) is 0 Å². The predicted octanol–water partition coefficient (Wildman–Crippen LogP) is 2.15. The highest BCUT2D eigenvalue weighted by Crippen LogP contribution is 2.42. The third kappa shape index (κ3) is 2.00. The summed E-state index contributed by atoms with van der Waals surface area (Å²) in [6, 6.07) is 0. The fraction of sp³-hybridized carbons (Fsp3) is 0.846. The lowest BCUT2D eigenvalue weighted by Gasteiger charge is -2.35. The van der Waals surface area contributed by atoms with Crippen LogP contribution in [0.1, 0.15) is 51.9 Å². The van der Waals surface area contributed by atoms with E-state index in [-0.39, 0.29) is 5.41 Å². The molecule has 90 valence electrons. The van der Waals surface area contributed by atoms with E-state index in [0.29, 0.717) is 37.6 Å². The highest BCUT2D eigenvalue weighted by Gasteiger charge is 2.42. The first-order chi connectivity index (χ1) is 7.68. The highest BCUT2D eigenvalue weighted by molar-refractivity contribution is 5.86. The lowest BCUT2D eigenvalue weighted by molar-refractivity contribution is -0.144. The normalized spacial score (nSPS) is 24.8. The number of rotatable bonds is 2. The van der Waals surface area contributed by atoms with Crippen molar-refractivity contribution in [2.75, 3.05) is 13.1 Å². The van der Waals surface area contributed by atoms with Gasteiger partial charge in [-0.05, 0) is 19.3 Å². The standard InChI is InChI=1S/C13H21NO2/c1-2-13(7-3-4-8-13)12(16)14-9-5-11(15)6-10-14/h2-10H2,1H3. The Morgan fingerprint density at radius 2 is 1.81 bits per heavy atom. The summed E-state index contributed by atoms with van der Waals surface area (Å²) in [5.41, 5.74) is -0.0829. The van der Waals surface area contributed by atoms with E-state index < -0.39 is 0 Å². The molecule has 2 fully saturated rings. The van der Waals surface area contributed by atoms with Gasteiger partial charge in [-0.15, -0.1) is 0 Å². The van der Waals surface area contributed by atoms with Crippen LogP contribution in [0, 0.1) is 5.41 Å². The van der Waals surface area contributed by atoms with E-state index >= 15 is 0 Å². The topological polar surface area (TPSA) is 37.4 Å². The second-order valence-corrected chi connectivity index (χ2v) is 5.17. The van der Waals surface area contributed by atoms with Gasteiger partial charge < -0.3 is 4.90 Å². The van der Waals surface area contributed by atoms with Crippen molar-refractivity contribution in [3.8, 4) is 0 Å².